The molecule has 1 aliphatic carbocycles. The summed E-state index contributed by atoms with van der Waals surface area (Å²) in [5.41, 5.74) is 4.30. The number of ether oxygens (including phenoxy) is 1. The van der Waals surface area contributed by atoms with E-state index in [-0.39, 0.29) is 0 Å². The van der Waals surface area contributed by atoms with Gasteiger partial charge in [0.25, 0.3) is 0 Å². The Hall–Kier alpha value is -1.02. The molecule has 2 unspecified atom stereocenters. The Bertz CT molecular complexity index is 455. The highest BCUT2D eigenvalue weighted by molar-refractivity contribution is 5.44. The van der Waals surface area contributed by atoms with Gasteiger partial charge < -0.3 is 10.1 Å². The highest BCUT2D eigenvalue weighted by Crippen LogP contribution is 2.49. The van der Waals surface area contributed by atoms with Gasteiger partial charge in [-0.1, -0.05) is 32.4 Å². The molecule has 0 radical (unpaired) electrons. The van der Waals surface area contributed by atoms with E-state index in [1.165, 1.54) is 36.0 Å². The first-order valence-corrected chi connectivity index (χ1v) is 7.73. The Kier molecular flexibility index (Phi) is 4.43. The van der Waals surface area contributed by atoms with Crippen molar-refractivity contribution < 1.29 is 4.74 Å². The van der Waals surface area contributed by atoms with Crippen molar-refractivity contribution in [3.63, 3.8) is 0 Å². The summed E-state index contributed by atoms with van der Waals surface area (Å²) in [6.45, 7) is 9.11. The Morgan fingerprint density at radius 1 is 1.25 bits per heavy atom. The third-order valence-electron chi connectivity index (χ3n) is 5.10. The van der Waals surface area contributed by atoms with E-state index in [1.54, 1.807) is 7.11 Å². The van der Waals surface area contributed by atoms with Crippen molar-refractivity contribution >= 4 is 0 Å². The molecule has 1 aromatic carbocycles. The molecule has 1 fully saturated rings. The first-order valence-electron chi connectivity index (χ1n) is 7.73. The molecule has 0 aliphatic heterocycles. The first kappa shape index (κ1) is 15.4. The molecule has 2 nitrogen and oxygen atoms in total. The van der Waals surface area contributed by atoms with Gasteiger partial charge in [-0.05, 0) is 61.8 Å². The maximum atomic E-state index is 5.49. The van der Waals surface area contributed by atoms with Gasteiger partial charge in [0, 0.05) is 6.04 Å². The van der Waals surface area contributed by atoms with Crippen LogP contribution in [0.4, 0.5) is 0 Å². The Labute approximate surface area is 123 Å². The summed E-state index contributed by atoms with van der Waals surface area (Å²) in [4.78, 5) is 0. The number of nitrogens with one attached hydrogen (secondary N) is 1. The van der Waals surface area contributed by atoms with E-state index in [1.807, 2.05) is 0 Å². The monoisotopic (exact) mass is 275 g/mol. The standard InChI is InChI=1S/C18H29NO/c1-12-10-14(11-13(2)17(12)20-6)16(19-5)15-8-7-9-18(15,3)4/h10-11,15-16,19H,7-9H2,1-6H3. The zero-order valence-corrected chi connectivity index (χ0v) is 13.8. The van der Waals surface area contributed by atoms with E-state index >= 15 is 0 Å². The van der Waals surface area contributed by atoms with E-state index in [4.69, 9.17) is 4.74 Å². The van der Waals surface area contributed by atoms with Crippen LogP contribution in [0.15, 0.2) is 12.1 Å². The minimum absolute atomic E-state index is 0.426. The third-order valence-corrected chi connectivity index (χ3v) is 5.10. The molecule has 2 atom stereocenters. The molecular weight excluding hydrogens is 246 g/mol. The molecular formula is C18H29NO. The molecule has 20 heavy (non-hydrogen) atoms. The zero-order valence-electron chi connectivity index (χ0n) is 13.8. The number of benzene rings is 1. The maximum absolute atomic E-state index is 5.49. The molecule has 112 valence electrons. The van der Waals surface area contributed by atoms with Crippen molar-refractivity contribution in [2.24, 2.45) is 11.3 Å². The molecule has 0 spiro atoms. The van der Waals surface area contributed by atoms with E-state index in [9.17, 15) is 0 Å². The van der Waals surface area contributed by atoms with Crippen LogP contribution in [-0.2, 0) is 0 Å². The molecule has 0 aromatic heterocycles. The van der Waals surface area contributed by atoms with Crippen LogP contribution in [0.1, 0.15) is 55.8 Å². The van der Waals surface area contributed by atoms with E-state index in [0.717, 1.165) is 5.75 Å². The largest absolute Gasteiger partial charge is 0.496 e. The summed E-state index contributed by atoms with van der Waals surface area (Å²) >= 11 is 0. The number of methoxy groups -OCH3 is 1. The zero-order chi connectivity index (χ0) is 14.9. The summed E-state index contributed by atoms with van der Waals surface area (Å²) in [5.74, 6) is 1.73. The van der Waals surface area contributed by atoms with Crippen molar-refractivity contribution in [2.75, 3.05) is 14.2 Å². The highest BCUT2D eigenvalue weighted by Gasteiger charge is 2.39. The van der Waals surface area contributed by atoms with Gasteiger partial charge in [0.05, 0.1) is 7.11 Å². The molecule has 0 saturated heterocycles. The van der Waals surface area contributed by atoms with Gasteiger partial charge in [0.2, 0.25) is 0 Å². The fourth-order valence-electron chi connectivity index (χ4n) is 4.06. The molecule has 1 saturated carbocycles. The predicted molar refractivity (Wildman–Crippen MR) is 85.4 cm³/mol. The molecule has 0 bridgehead atoms. The number of hydrogen-bond acceptors (Lipinski definition) is 2. The fourth-order valence-corrected chi connectivity index (χ4v) is 4.06. The number of aryl methyl sites for hydroxylation is 2. The molecule has 1 aliphatic rings. The first-order chi connectivity index (χ1) is 9.40. The van der Waals surface area contributed by atoms with Crippen LogP contribution >= 0.6 is 0 Å². The van der Waals surface area contributed by atoms with Gasteiger partial charge in [-0.3, -0.25) is 0 Å². The minimum atomic E-state index is 0.426. The summed E-state index contributed by atoms with van der Waals surface area (Å²) in [5, 5.41) is 3.57. The highest BCUT2D eigenvalue weighted by atomic mass is 16.5. The molecule has 0 heterocycles. The van der Waals surface area contributed by atoms with Crippen molar-refractivity contribution in [3.8, 4) is 5.75 Å². The second kappa shape index (κ2) is 5.77. The normalized spacial score (nSPS) is 22.8. The molecule has 2 rings (SSSR count). The fraction of sp³-hybridized carbons (Fsp3) is 0.667. The van der Waals surface area contributed by atoms with E-state index in [2.05, 4.69) is 52.2 Å². The SMILES string of the molecule is CNC(c1cc(C)c(OC)c(C)c1)C1CCCC1(C)C. The Balaban J connectivity index is 2.38. The third kappa shape index (κ3) is 2.71. The van der Waals surface area contributed by atoms with Crippen molar-refractivity contribution in [3.05, 3.63) is 28.8 Å². The van der Waals surface area contributed by atoms with Crippen LogP contribution in [0.25, 0.3) is 0 Å². The lowest BCUT2D eigenvalue weighted by molar-refractivity contribution is 0.203. The second-order valence-corrected chi connectivity index (χ2v) is 6.94. The average Bonchev–Trinajstić information content (AvgIpc) is 2.70. The summed E-state index contributed by atoms with van der Waals surface area (Å²) in [6, 6.07) is 5.03. The quantitative estimate of drug-likeness (QED) is 0.879. The molecule has 2 heteroatoms. The lowest BCUT2D eigenvalue weighted by Crippen LogP contribution is -2.32. The molecule has 0 amide bonds. The topological polar surface area (TPSA) is 21.3 Å². The number of rotatable bonds is 4. The van der Waals surface area contributed by atoms with Crippen molar-refractivity contribution in [1.29, 1.82) is 0 Å². The lowest BCUT2D eigenvalue weighted by Gasteiger charge is -2.35. The van der Waals surface area contributed by atoms with Crippen molar-refractivity contribution in [2.45, 2.75) is 53.0 Å². The molecule has 1 N–H and O–H groups in total. The Morgan fingerprint density at radius 2 is 1.85 bits per heavy atom. The van der Waals surface area contributed by atoms with Gasteiger partial charge in [0.1, 0.15) is 5.75 Å². The van der Waals surface area contributed by atoms with Crippen LogP contribution in [0.2, 0.25) is 0 Å². The van der Waals surface area contributed by atoms with Crippen LogP contribution in [0, 0.1) is 25.2 Å². The lowest BCUT2D eigenvalue weighted by atomic mass is 9.75. The Morgan fingerprint density at radius 3 is 2.25 bits per heavy atom. The van der Waals surface area contributed by atoms with Crippen molar-refractivity contribution in [1.82, 2.24) is 5.32 Å². The minimum Gasteiger partial charge on any atom is -0.496 e. The predicted octanol–water partition coefficient (Wildman–Crippen LogP) is 4.40. The summed E-state index contributed by atoms with van der Waals surface area (Å²) in [6.07, 6.45) is 4.01. The van der Waals surface area contributed by atoms with Gasteiger partial charge >= 0.3 is 0 Å². The summed E-state index contributed by atoms with van der Waals surface area (Å²) < 4.78 is 5.49. The van der Waals surface area contributed by atoms with Gasteiger partial charge in [-0.25, -0.2) is 0 Å². The van der Waals surface area contributed by atoms with E-state index in [0.29, 0.717) is 17.4 Å². The van der Waals surface area contributed by atoms with Crippen LogP contribution in [0.5, 0.6) is 5.75 Å². The van der Waals surface area contributed by atoms with E-state index < -0.39 is 0 Å². The second-order valence-electron chi connectivity index (χ2n) is 6.94. The smallest absolute Gasteiger partial charge is 0.124 e. The van der Waals surface area contributed by atoms with Crippen LogP contribution in [0.3, 0.4) is 0 Å². The van der Waals surface area contributed by atoms with Crippen LogP contribution in [-0.4, -0.2) is 14.2 Å². The number of hydrogen-bond donors (Lipinski definition) is 1. The van der Waals surface area contributed by atoms with Gasteiger partial charge in [0.15, 0.2) is 0 Å². The average molecular weight is 275 g/mol. The van der Waals surface area contributed by atoms with Gasteiger partial charge in [-0.15, -0.1) is 0 Å². The molecule has 1 aromatic rings. The summed E-state index contributed by atoms with van der Waals surface area (Å²) in [7, 11) is 3.85. The van der Waals surface area contributed by atoms with Gasteiger partial charge in [-0.2, -0.15) is 0 Å². The van der Waals surface area contributed by atoms with Crippen LogP contribution < -0.4 is 10.1 Å². The maximum Gasteiger partial charge on any atom is 0.124 e.